The Morgan fingerprint density at radius 3 is 0.780 bits per heavy atom. The molecule has 2 unspecified atom stereocenters. The number of phosphoric ester groups is 1. The zero-order valence-corrected chi connectivity index (χ0v) is 62.3. The van der Waals surface area contributed by atoms with Crippen molar-refractivity contribution < 1.29 is 37.6 Å². The molecule has 0 aromatic heterocycles. The molecule has 0 saturated heterocycles. The van der Waals surface area contributed by atoms with Crippen LogP contribution in [0.1, 0.15) is 463 Å². The summed E-state index contributed by atoms with van der Waals surface area (Å²) in [4.78, 5) is 35.5. The van der Waals surface area contributed by atoms with Crippen molar-refractivity contribution in [3.63, 3.8) is 0 Å². The zero-order chi connectivity index (χ0) is 65.8. The van der Waals surface area contributed by atoms with Gasteiger partial charge in [-0.1, -0.05) is 424 Å². The second-order valence-electron chi connectivity index (χ2n) is 28.4. The van der Waals surface area contributed by atoms with Gasteiger partial charge in [-0.3, -0.25) is 18.6 Å². The zero-order valence-electron chi connectivity index (χ0n) is 61.4. The highest BCUT2D eigenvalue weighted by Gasteiger charge is 2.26. The van der Waals surface area contributed by atoms with Crippen LogP contribution in [0, 0.1) is 0 Å². The molecule has 91 heavy (non-hydrogen) atoms. The van der Waals surface area contributed by atoms with E-state index in [2.05, 4.69) is 26.0 Å². The van der Waals surface area contributed by atoms with E-state index >= 15 is 0 Å². The first kappa shape index (κ1) is 89.8. The minimum absolute atomic E-state index is 0.0582. The number of rotatable bonds is 80. The van der Waals surface area contributed by atoms with Crippen LogP contribution in [0.5, 0.6) is 0 Å². The van der Waals surface area contributed by atoms with Gasteiger partial charge in [-0.05, 0) is 38.5 Å². The van der Waals surface area contributed by atoms with E-state index in [1.54, 1.807) is 0 Å². The summed E-state index contributed by atoms with van der Waals surface area (Å²) in [5.41, 5.74) is 5.42. The molecule has 0 heterocycles. The minimum Gasteiger partial charge on any atom is -0.462 e. The highest BCUT2D eigenvalue weighted by molar-refractivity contribution is 7.47. The highest BCUT2D eigenvalue weighted by Crippen LogP contribution is 2.43. The summed E-state index contributed by atoms with van der Waals surface area (Å²) in [6, 6.07) is 0. The molecular weight excluding hydrogens is 1150 g/mol. The van der Waals surface area contributed by atoms with Gasteiger partial charge in [-0.25, -0.2) is 4.57 Å². The van der Waals surface area contributed by atoms with Crippen LogP contribution >= 0.6 is 7.82 Å². The first-order valence-corrected chi connectivity index (χ1v) is 42.7. The van der Waals surface area contributed by atoms with Crippen LogP contribution in [-0.2, 0) is 32.7 Å². The van der Waals surface area contributed by atoms with Crippen molar-refractivity contribution in [1.29, 1.82) is 0 Å². The molecule has 0 aromatic rings. The van der Waals surface area contributed by atoms with Gasteiger partial charge in [0.05, 0.1) is 13.2 Å². The topological polar surface area (TPSA) is 134 Å². The lowest BCUT2D eigenvalue weighted by Crippen LogP contribution is -2.29. The Kier molecular flexibility index (Phi) is 76.7. The summed E-state index contributed by atoms with van der Waals surface area (Å²) in [6.45, 7) is 3.85. The van der Waals surface area contributed by atoms with Gasteiger partial charge < -0.3 is 20.1 Å². The van der Waals surface area contributed by atoms with Crippen molar-refractivity contribution in [2.45, 2.75) is 469 Å². The van der Waals surface area contributed by atoms with Crippen LogP contribution in [-0.4, -0.2) is 49.3 Å². The van der Waals surface area contributed by atoms with Gasteiger partial charge in [0, 0.05) is 19.4 Å². The van der Waals surface area contributed by atoms with E-state index < -0.39 is 26.5 Å². The Morgan fingerprint density at radius 1 is 0.319 bits per heavy atom. The average Bonchev–Trinajstić information content (AvgIpc) is 3.68. The number of unbranched alkanes of at least 4 members (excludes halogenated alkanes) is 65. The van der Waals surface area contributed by atoms with E-state index in [-0.39, 0.29) is 38.6 Å². The van der Waals surface area contributed by atoms with E-state index in [1.165, 1.54) is 398 Å². The highest BCUT2D eigenvalue weighted by atomic mass is 31.2. The van der Waals surface area contributed by atoms with E-state index in [9.17, 15) is 19.0 Å². The lowest BCUT2D eigenvalue weighted by atomic mass is 10.0. The number of nitrogens with two attached hydrogens (primary N) is 1. The van der Waals surface area contributed by atoms with Crippen LogP contribution in [0.2, 0.25) is 0 Å². The number of hydrogen-bond acceptors (Lipinski definition) is 8. The molecule has 0 saturated carbocycles. The molecule has 0 bridgehead atoms. The largest absolute Gasteiger partial charge is 0.472 e. The molecule has 0 rings (SSSR count). The number of carbonyl (C=O) groups excluding carboxylic acids is 2. The number of allylic oxidation sites excluding steroid dienone is 2. The molecule has 0 aromatic carbocycles. The SMILES string of the molecule is CCCCCCCCCC/C=C\CCCCCCCCCCCCCCCCCCCCCCCCCC(=O)OC(COC(=O)CCCCCCCCCCCCCCCCCCCCCCCCCCCCCCCCCCCCC)COP(=O)(O)OCCN. The summed E-state index contributed by atoms with van der Waals surface area (Å²) in [6.07, 6.45) is 96.6. The first-order chi connectivity index (χ1) is 44.8. The number of ether oxygens (including phenoxy) is 2. The van der Waals surface area contributed by atoms with Crippen LogP contribution in [0.3, 0.4) is 0 Å². The van der Waals surface area contributed by atoms with Crippen molar-refractivity contribution in [3.8, 4) is 0 Å². The lowest BCUT2D eigenvalue weighted by molar-refractivity contribution is -0.161. The van der Waals surface area contributed by atoms with Crippen LogP contribution in [0.25, 0.3) is 0 Å². The summed E-state index contributed by atoms with van der Waals surface area (Å²) in [5.74, 6) is -0.796. The molecule has 10 heteroatoms. The summed E-state index contributed by atoms with van der Waals surface area (Å²) in [7, 11) is -4.39. The van der Waals surface area contributed by atoms with E-state index in [1.807, 2.05) is 0 Å². The van der Waals surface area contributed by atoms with Gasteiger partial charge >= 0.3 is 19.8 Å². The Labute approximate surface area is 568 Å². The van der Waals surface area contributed by atoms with Crippen molar-refractivity contribution in [1.82, 2.24) is 0 Å². The Hall–Kier alpha value is -1.25. The Bertz CT molecular complexity index is 1500. The number of carbonyl (C=O) groups is 2. The molecule has 0 amide bonds. The lowest BCUT2D eigenvalue weighted by Gasteiger charge is -2.19. The van der Waals surface area contributed by atoms with Crippen LogP contribution in [0.4, 0.5) is 0 Å². The fraction of sp³-hybridized carbons (Fsp3) is 0.951. The van der Waals surface area contributed by atoms with Crippen molar-refractivity contribution in [3.05, 3.63) is 12.2 Å². The van der Waals surface area contributed by atoms with Gasteiger partial charge in [-0.15, -0.1) is 0 Å². The minimum atomic E-state index is -4.39. The van der Waals surface area contributed by atoms with Crippen LogP contribution < -0.4 is 5.73 Å². The molecule has 3 N–H and O–H groups in total. The fourth-order valence-electron chi connectivity index (χ4n) is 13.1. The third-order valence-electron chi connectivity index (χ3n) is 19.2. The Balaban J connectivity index is 3.72. The molecule has 0 radical (unpaired) electrons. The van der Waals surface area contributed by atoms with Gasteiger partial charge in [0.2, 0.25) is 0 Å². The molecule has 2 atom stereocenters. The van der Waals surface area contributed by atoms with Gasteiger partial charge in [0.25, 0.3) is 0 Å². The third kappa shape index (κ3) is 77.6. The van der Waals surface area contributed by atoms with Crippen molar-refractivity contribution >= 4 is 19.8 Å². The van der Waals surface area contributed by atoms with Crippen molar-refractivity contribution in [2.24, 2.45) is 5.73 Å². The maximum atomic E-state index is 12.8. The normalized spacial score (nSPS) is 12.8. The Morgan fingerprint density at radius 2 is 0.538 bits per heavy atom. The smallest absolute Gasteiger partial charge is 0.462 e. The summed E-state index contributed by atoms with van der Waals surface area (Å²) >= 11 is 0. The second-order valence-corrected chi connectivity index (χ2v) is 29.8. The number of phosphoric acid groups is 1. The molecule has 542 valence electrons. The molecule has 0 aliphatic carbocycles. The molecule has 0 aliphatic heterocycles. The second kappa shape index (κ2) is 77.8. The fourth-order valence-corrected chi connectivity index (χ4v) is 13.8. The summed E-state index contributed by atoms with van der Waals surface area (Å²) < 4.78 is 33.3. The van der Waals surface area contributed by atoms with Gasteiger partial charge in [-0.2, -0.15) is 0 Å². The maximum Gasteiger partial charge on any atom is 0.472 e. The third-order valence-corrected chi connectivity index (χ3v) is 20.1. The van der Waals surface area contributed by atoms with E-state index in [0.29, 0.717) is 6.42 Å². The molecular formula is C81H160NO8P. The predicted octanol–water partition coefficient (Wildman–Crippen LogP) is 27.4. The average molecular weight is 1310 g/mol. The standard InChI is InChI=1S/C81H160NO8P/c1-3-5-7-9-11-13-15-17-19-21-23-25-27-29-31-33-35-37-39-41-43-45-47-49-51-53-55-57-59-61-63-65-67-69-71-73-80(83)87-77-79(78-89-91(85,86)88-76-75-82)90-81(84)74-72-70-68-66-64-62-60-58-56-54-52-50-48-46-44-42-40-38-36-34-32-30-28-26-24-22-20-18-16-14-12-10-8-6-4-2/h22,24,79H,3-21,23,25-78,82H2,1-2H3,(H,85,86)/b24-22-. The summed E-state index contributed by atoms with van der Waals surface area (Å²) in [5, 5.41) is 0. The monoisotopic (exact) mass is 1310 g/mol. The predicted molar refractivity (Wildman–Crippen MR) is 395 cm³/mol. The van der Waals surface area contributed by atoms with Gasteiger partial charge in [0.15, 0.2) is 6.10 Å². The maximum absolute atomic E-state index is 12.8. The van der Waals surface area contributed by atoms with Gasteiger partial charge in [0.1, 0.15) is 6.61 Å². The van der Waals surface area contributed by atoms with Crippen molar-refractivity contribution in [2.75, 3.05) is 26.4 Å². The molecule has 0 aliphatic rings. The van der Waals surface area contributed by atoms with Crippen LogP contribution in [0.15, 0.2) is 12.2 Å². The van der Waals surface area contributed by atoms with E-state index in [4.69, 9.17) is 24.3 Å². The van der Waals surface area contributed by atoms with E-state index in [0.717, 1.165) is 32.1 Å². The quantitative estimate of drug-likeness (QED) is 0.0264. The molecule has 0 spiro atoms. The number of esters is 2. The molecule has 9 nitrogen and oxygen atoms in total. The molecule has 0 fully saturated rings. The number of hydrogen-bond donors (Lipinski definition) is 2. The first-order valence-electron chi connectivity index (χ1n) is 41.2.